The minimum atomic E-state index is 0.117. The molecule has 0 fully saturated rings. The molecule has 0 aliphatic heterocycles. The van der Waals surface area contributed by atoms with Gasteiger partial charge in [-0.25, -0.2) is 0 Å². The molecule has 1 unspecified atom stereocenters. The lowest BCUT2D eigenvalue weighted by molar-refractivity contribution is 0.549. The normalized spacial score (nSPS) is 12.4. The van der Waals surface area contributed by atoms with Crippen LogP contribution in [0.1, 0.15) is 33.9 Å². The van der Waals surface area contributed by atoms with Crippen LogP contribution in [-0.2, 0) is 6.42 Å². The number of halogens is 1. The van der Waals surface area contributed by atoms with Crippen LogP contribution in [-0.4, -0.2) is 0 Å². The lowest BCUT2D eigenvalue weighted by Gasteiger charge is -2.20. The first kappa shape index (κ1) is 15.2. The Morgan fingerprint density at radius 3 is 2.30 bits per heavy atom. The van der Waals surface area contributed by atoms with Crippen molar-refractivity contribution in [1.82, 2.24) is 5.43 Å². The summed E-state index contributed by atoms with van der Waals surface area (Å²) in [6.45, 7) is 6.41. The van der Waals surface area contributed by atoms with E-state index in [1.807, 2.05) is 0 Å². The largest absolute Gasteiger partial charge is 0.271 e. The van der Waals surface area contributed by atoms with Gasteiger partial charge in [-0.2, -0.15) is 0 Å². The minimum Gasteiger partial charge on any atom is -0.271 e. The average Bonchev–Trinajstić information content (AvgIpc) is 2.37. The van der Waals surface area contributed by atoms with Crippen LogP contribution < -0.4 is 11.3 Å². The summed E-state index contributed by atoms with van der Waals surface area (Å²) >= 11 is 3.56. The molecule has 2 rings (SSSR count). The minimum absolute atomic E-state index is 0.117. The molecule has 0 aliphatic rings. The van der Waals surface area contributed by atoms with Crippen molar-refractivity contribution in [2.45, 2.75) is 33.2 Å². The van der Waals surface area contributed by atoms with Gasteiger partial charge in [0.25, 0.3) is 0 Å². The summed E-state index contributed by atoms with van der Waals surface area (Å²) in [7, 11) is 0. The van der Waals surface area contributed by atoms with Crippen molar-refractivity contribution in [2.75, 3.05) is 0 Å². The molecule has 0 bridgehead atoms. The molecule has 2 nitrogen and oxygen atoms in total. The third-order valence-corrected chi connectivity index (χ3v) is 4.18. The smallest absolute Gasteiger partial charge is 0.0500 e. The highest BCUT2D eigenvalue weighted by Crippen LogP contribution is 2.25. The van der Waals surface area contributed by atoms with E-state index in [9.17, 15) is 0 Å². The third kappa shape index (κ3) is 3.48. The first-order valence-electron chi connectivity index (χ1n) is 6.79. The topological polar surface area (TPSA) is 38.0 Å². The number of nitrogens with two attached hydrogens (primary N) is 1. The number of hydrogen-bond donors (Lipinski definition) is 2. The van der Waals surface area contributed by atoms with Gasteiger partial charge in [-0.3, -0.25) is 11.3 Å². The zero-order valence-corrected chi connectivity index (χ0v) is 13.8. The molecular formula is C17H21BrN2. The van der Waals surface area contributed by atoms with Crippen LogP contribution in [0.5, 0.6) is 0 Å². The maximum absolute atomic E-state index is 5.79. The van der Waals surface area contributed by atoms with Crippen LogP contribution in [0.4, 0.5) is 0 Å². The van der Waals surface area contributed by atoms with Gasteiger partial charge in [-0.1, -0.05) is 40.2 Å². The first-order chi connectivity index (χ1) is 9.51. The quantitative estimate of drug-likeness (QED) is 0.652. The Hall–Kier alpha value is -1.16. The summed E-state index contributed by atoms with van der Waals surface area (Å²) in [5, 5.41) is 0. The zero-order chi connectivity index (χ0) is 14.7. The number of rotatable bonds is 4. The summed E-state index contributed by atoms with van der Waals surface area (Å²) in [5.41, 5.74) is 9.40. The van der Waals surface area contributed by atoms with Crippen LogP contribution in [0, 0.1) is 20.8 Å². The number of aryl methyl sites for hydroxylation is 3. The predicted molar refractivity (Wildman–Crippen MR) is 88.6 cm³/mol. The fourth-order valence-electron chi connectivity index (χ4n) is 2.61. The van der Waals surface area contributed by atoms with Gasteiger partial charge >= 0.3 is 0 Å². The third-order valence-electron chi connectivity index (χ3n) is 3.72. The maximum Gasteiger partial charge on any atom is 0.0500 e. The second-order valence-corrected chi connectivity index (χ2v) is 6.27. The molecule has 20 heavy (non-hydrogen) atoms. The van der Waals surface area contributed by atoms with Crippen molar-refractivity contribution < 1.29 is 0 Å². The molecule has 0 saturated carbocycles. The first-order valence-corrected chi connectivity index (χ1v) is 7.59. The van der Waals surface area contributed by atoms with Gasteiger partial charge in [0.1, 0.15) is 0 Å². The van der Waals surface area contributed by atoms with Crippen molar-refractivity contribution >= 4 is 15.9 Å². The maximum atomic E-state index is 5.79. The van der Waals surface area contributed by atoms with E-state index in [1.165, 1.54) is 27.8 Å². The second kappa shape index (κ2) is 6.53. The number of benzene rings is 2. The summed E-state index contributed by atoms with van der Waals surface area (Å²) in [6, 6.07) is 12.9. The Morgan fingerprint density at radius 1 is 1.10 bits per heavy atom. The summed E-state index contributed by atoms with van der Waals surface area (Å²) in [5.74, 6) is 5.79. The standard InChI is InChI=1S/C17H21BrN2/c1-11-7-14(9-15(18)8-11)17(20-19)10-16-12(2)5-4-6-13(16)3/h4-9,17,20H,10,19H2,1-3H3. The van der Waals surface area contributed by atoms with Crippen molar-refractivity contribution in [3.05, 3.63) is 68.7 Å². The second-order valence-electron chi connectivity index (χ2n) is 5.36. The van der Waals surface area contributed by atoms with Gasteiger partial charge < -0.3 is 0 Å². The zero-order valence-electron chi connectivity index (χ0n) is 12.2. The Balaban J connectivity index is 2.33. The van der Waals surface area contributed by atoms with E-state index in [4.69, 9.17) is 5.84 Å². The molecular weight excluding hydrogens is 312 g/mol. The van der Waals surface area contributed by atoms with Gasteiger partial charge in [0.05, 0.1) is 6.04 Å². The monoisotopic (exact) mass is 332 g/mol. The number of hydrogen-bond acceptors (Lipinski definition) is 2. The van der Waals surface area contributed by atoms with E-state index in [1.54, 1.807) is 0 Å². The van der Waals surface area contributed by atoms with E-state index in [0.29, 0.717) is 0 Å². The lowest BCUT2D eigenvalue weighted by atomic mass is 9.93. The van der Waals surface area contributed by atoms with Crippen LogP contribution >= 0.6 is 15.9 Å². The molecule has 0 aromatic heterocycles. The molecule has 0 spiro atoms. The Morgan fingerprint density at radius 2 is 1.75 bits per heavy atom. The highest BCUT2D eigenvalue weighted by Gasteiger charge is 2.14. The molecule has 3 N–H and O–H groups in total. The van der Waals surface area contributed by atoms with Gasteiger partial charge in [0, 0.05) is 4.47 Å². The predicted octanol–water partition coefficient (Wildman–Crippen LogP) is 4.12. The SMILES string of the molecule is Cc1cc(Br)cc(C(Cc2c(C)cccc2C)NN)c1. The van der Waals surface area contributed by atoms with E-state index in [2.05, 4.69) is 78.5 Å². The highest BCUT2D eigenvalue weighted by atomic mass is 79.9. The Bertz CT molecular complexity index is 567. The summed E-state index contributed by atoms with van der Waals surface area (Å²) in [6.07, 6.45) is 0.894. The molecule has 1 atom stereocenters. The Labute approximate surface area is 129 Å². The van der Waals surface area contributed by atoms with E-state index in [0.717, 1.165) is 10.9 Å². The summed E-state index contributed by atoms with van der Waals surface area (Å²) in [4.78, 5) is 0. The number of nitrogens with one attached hydrogen (secondary N) is 1. The lowest BCUT2D eigenvalue weighted by Crippen LogP contribution is -2.30. The number of hydrazine groups is 1. The van der Waals surface area contributed by atoms with Gasteiger partial charge in [0.2, 0.25) is 0 Å². The van der Waals surface area contributed by atoms with E-state index < -0.39 is 0 Å². The molecule has 0 heterocycles. The average molecular weight is 333 g/mol. The van der Waals surface area contributed by atoms with Crippen LogP contribution in [0.15, 0.2) is 40.9 Å². The molecule has 0 aliphatic carbocycles. The van der Waals surface area contributed by atoms with E-state index in [-0.39, 0.29) is 6.04 Å². The molecule has 0 amide bonds. The fourth-order valence-corrected chi connectivity index (χ4v) is 3.24. The van der Waals surface area contributed by atoms with Gasteiger partial charge in [-0.15, -0.1) is 0 Å². The van der Waals surface area contributed by atoms with Crippen LogP contribution in [0.2, 0.25) is 0 Å². The van der Waals surface area contributed by atoms with Crippen LogP contribution in [0.25, 0.3) is 0 Å². The van der Waals surface area contributed by atoms with Crippen molar-refractivity contribution in [1.29, 1.82) is 0 Å². The molecule has 2 aromatic carbocycles. The van der Waals surface area contributed by atoms with Crippen molar-refractivity contribution in [2.24, 2.45) is 5.84 Å². The van der Waals surface area contributed by atoms with Crippen LogP contribution in [0.3, 0.4) is 0 Å². The molecule has 106 valence electrons. The van der Waals surface area contributed by atoms with Crippen molar-refractivity contribution in [3.63, 3.8) is 0 Å². The Kier molecular flexibility index (Phi) is 4.97. The molecule has 0 radical (unpaired) electrons. The van der Waals surface area contributed by atoms with Gasteiger partial charge in [-0.05, 0) is 67.1 Å². The van der Waals surface area contributed by atoms with Gasteiger partial charge in [0.15, 0.2) is 0 Å². The summed E-state index contributed by atoms with van der Waals surface area (Å²) < 4.78 is 1.09. The molecule has 0 saturated heterocycles. The van der Waals surface area contributed by atoms with Crippen molar-refractivity contribution in [3.8, 4) is 0 Å². The molecule has 3 heteroatoms. The van der Waals surface area contributed by atoms with E-state index >= 15 is 0 Å². The fraction of sp³-hybridized carbons (Fsp3) is 0.294. The molecule has 2 aromatic rings. The highest BCUT2D eigenvalue weighted by molar-refractivity contribution is 9.10.